The summed E-state index contributed by atoms with van der Waals surface area (Å²) in [4.78, 5) is 20.7. The minimum Gasteiger partial charge on any atom is -0.478 e. The van der Waals surface area contributed by atoms with E-state index in [2.05, 4.69) is 21.5 Å². The van der Waals surface area contributed by atoms with Crippen molar-refractivity contribution in [3.05, 3.63) is 102 Å². The minimum atomic E-state index is -0.993. The van der Waals surface area contributed by atoms with Gasteiger partial charge in [0.05, 0.1) is 11.1 Å². The molecule has 0 aliphatic carbocycles. The van der Waals surface area contributed by atoms with Gasteiger partial charge in [-0.25, -0.2) is 23.8 Å². The SMILES string of the molecule is Cc1cc(C(C)Nc2ccccc2C(=O)O)c2cc(-c3ccc(F)cc3)c(-n3cncn3)nc2c1. The number of benzene rings is 3. The van der Waals surface area contributed by atoms with E-state index in [1.54, 1.807) is 47.4 Å². The van der Waals surface area contributed by atoms with Crippen molar-refractivity contribution in [2.75, 3.05) is 5.32 Å². The fourth-order valence-corrected chi connectivity index (χ4v) is 4.24. The number of pyridine rings is 1. The zero-order valence-corrected chi connectivity index (χ0v) is 19.1. The van der Waals surface area contributed by atoms with E-state index in [9.17, 15) is 14.3 Å². The third kappa shape index (κ3) is 4.33. The molecule has 8 heteroatoms. The zero-order chi connectivity index (χ0) is 24.5. The van der Waals surface area contributed by atoms with Crippen LogP contribution in [0.5, 0.6) is 0 Å². The van der Waals surface area contributed by atoms with Gasteiger partial charge in [0.1, 0.15) is 18.5 Å². The Morgan fingerprint density at radius 1 is 1.09 bits per heavy atom. The summed E-state index contributed by atoms with van der Waals surface area (Å²) in [6.45, 7) is 3.97. The Labute approximate surface area is 200 Å². The molecule has 0 aliphatic rings. The monoisotopic (exact) mass is 467 g/mol. The molecule has 7 nitrogen and oxygen atoms in total. The predicted octanol–water partition coefficient (Wildman–Crippen LogP) is 5.80. The predicted molar refractivity (Wildman–Crippen MR) is 132 cm³/mol. The van der Waals surface area contributed by atoms with Gasteiger partial charge >= 0.3 is 5.97 Å². The molecule has 0 saturated heterocycles. The lowest BCUT2D eigenvalue weighted by Crippen LogP contribution is -2.12. The van der Waals surface area contributed by atoms with Crippen molar-refractivity contribution in [2.24, 2.45) is 0 Å². The van der Waals surface area contributed by atoms with Gasteiger partial charge in [0, 0.05) is 22.7 Å². The first-order valence-electron chi connectivity index (χ1n) is 11.1. The number of fused-ring (bicyclic) bond motifs is 1. The van der Waals surface area contributed by atoms with E-state index in [0.29, 0.717) is 11.5 Å². The quantitative estimate of drug-likeness (QED) is 0.328. The topological polar surface area (TPSA) is 92.9 Å². The van der Waals surface area contributed by atoms with Crippen LogP contribution in [0.15, 0.2) is 79.4 Å². The second-order valence-corrected chi connectivity index (χ2v) is 8.34. The van der Waals surface area contributed by atoms with Crippen molar-refractivity contribution >= 4 is 22.6 Å². The summed E-state index contributed by atoms with van der Waals surface area (Å²) < 4.78 is 15.2. The molecular formula is C27H22FN5O2. The number of aromatic carboxylic acids is 1. The molecule has 5 aromatic rings. The molecule has 1 atom stereocenters. The maximum Gasteiger partial charge on any atom is 0.337 e. The Morgan fingerprint density at radius 3 is 2.57 bits per heavy atom. The Morgan fingerprint density at radius 2 is 1.86 bits per heavy atom. The lowest BCUT2D eigenvalue weighted by atomic mass is 9.96. The van der Waals surface area contributed by atoms with E-state index in [1.807, 2.05) is 26.0 Å². The van der Waals surface area contributed by atoms with Crippen molar-refractivity contribution < 1.29 is 14.3 Å². The normalized spacial score (nSPS) is 12.0. The maximum atomic E-state index is 13.6. The molecule has 0 saturated carbocycles. The van der Waals surface area contributed by atoms with Crippen LogP contribution in [-0.2, 0) is 0 Å². The minimum absolute atomic E-state index is 0.204. The molecule has 0 amide bonds. The molecule has 0 radical (unpaired) electrons. The van der Waals surface area contributed by atoms with Gasteiger partial charge < -0.3 is 10.4 Å². The first-order chi connectivity index (χ1) is 16.9. The lowest BCUT2D eigenvalue weighted by molar-refractivity contribution is 0.0698. The molecule has 0 fully saturated rings. The van der Waals surface area contributed by atoms with Gasteiger partial charge in [-0.15, -0.1) is 0 Å². The Bertz CT molecular complexity index is 1530. The maximum absolute atomic E-state index is 13.6. The Hall–Kier alpha value is -4.59. The average molecular weight is 468 g/mol. The van der Waals surface area contributed by atoms with Crippen LogP contribution in [0.3, 0.4) is 0 Å². The largest absolute Gasteiger partial charge is 0.478 e. The number of hydrogen-bond acceptors (Lipinski definition) is 5. The molecule has 0 spiro atoms. The van der Waals surface area contributed by atoms with Crippen molar-refractivity contribution in [1.29, 1.82) is 0 Å². The van der Waals surface area contributed by atoms with Crippen molar-refractivity contribution in [3.8, 4) is 16.9 Å². The summed E-state index contributed by atoms with van der Waals surface area (Å²) in [6.07, 6.45) is 3.01. The van der Waals surface area contributed by atoms with Crippen LogP contribution in [0.4, 0.5) is 10.1 Å². The summed E-state index contributed by atoms with van der Waals surface area (Å²) >= 11 is 0. The second-order valence-electron chi connectivity index (χ2n) is 8.34. The molecule has 0 bridgehead atoms. The molecule has 3 aromatic carbocycles. The van der Waals surface area contributed by atoms with E-state index in [0.717, 1.165) is 33.2 Å². The summed E-state index contributed by atoms with van der Waals surface area (Å²) in [6, 6.07) is 18.9. The van der Waals surface area contributed by atoms with Crippen LogP contribution in [0.1, 0.15) is 34.5 Å². The number of para-hydroxylation sites is 1. The zero-order valence-electron chi connectivity index (χ0n) is 19.1. The highest BCUT2D eigenvalue weighted by Crippen LogP contribution is 2.34. The van der Waals surface area contributed by atoms with Crippen LogP contribution < -0.4 is 5.32 Å². The van der Waals surface area contributed by atoms with Gasteiger partial charge in [-0.1, -0.05) is 30.3 Å². The molecule has 174 valence electrons. The number of aromatic nitrogens is 4. The van der Waals surface area contributed by atoms with Gasteiger partial charge in [0.2, 0.25) is 0 Å². The fourth-order valence-electron chi connectivity index (χ4n) is 4.24. The number of carboxylic acid groups (broad SMARTS) is 1. The van der Waals surface area contributed by atoms with Crippen molar-refractivity contribution in [1.82, 2.24) is 19.7 Å². The molecular weight excluding hydrogens is 445 g/mol. The number of nitrogens with zero attached hydrogens (tertiary/aromatic N) is 4. The number of carboxylic acids is 1. The molecule has 2 N–H and O–H groups in total. The summed E-state index contributed by atoms with van der Waals surface area (Å²) in [5.41, 5.74) is 5.03. The third-order valence-corrected chi connectivity index (χ3v) is 5.88. The number of halogens is 1. The summed E-state index contributed by atoms with van der Waals surface area (Å²) in [5, 5.41) is 18.1. The Balaban J connectivity index is 1.69. The van der Waals surface area contributed by atoms with E-state index in [4.69, 9.17) is 4.98 Å². The van der Waals surface area contributed by atoms with Crippen molar-refractivity contribution in [3.63, 3.8) is 0 Å². The highest BCUT2D eigenvalue weighted by Gasteiger charge is 2.18. The van der Waals surface area contributed by atoms with Gasteiger partial charge in [-0.3, -0.25) is 0 Å². The highest BCUT2D eigenvalue weighted by atomic mass is 19.1. The van der Waals surface area contributed by atoms with Crippen LogP contribution in [-0.4, -0.2) is 30.8 Å². The highest BCUT2D eigenvalue weighted by molar-refractivity contribution is 5.95. The smallest absolute Gasteiger partial charge is 0.337 e. The van der Waals surface area contributed by atoms with Gasteiger partial charge in [0.25, 0.3) is 0 Å². The van der Waals surface area contributed by atoms with Crippen LogP contribution in [0.25, 0.3) is 27.8 Å². The van der Waals surface area contributed by atoms with Gasteiger partial charge in [-0.2, -0.15) is 5.10 Å². The summed E-state index contributed by atoms with van der Waals surface area (Å²) in [7, 11) is 0. The fraction of sp³-hybridized carbons (Fsp3) is 0.111. The number of aryl methyl sites for hydroxylation is 1. The number of rotatable bonds is 6. The van der Waals surface area contributed by atoms with Crippen LogP contribution in [0.2, 0.25) is 0 Å². The number of anilines is 1. The molecule has 2 heterocycles. The van der Waals surface area contributed by atoms with Crippen LogP contribution >= 0.6 is 0 Å². The van der Waals surface area contributed by atoms with E-state index in [1.165, 1.54) is 18.5 Å². The molecule has 1 unspecified atom stereocenters. The lowest BCUT2D eigenvalue weighted by Gasteiger charge is -2.21. The van der Waals surface area contributed by atoms with E-state index < -0.39 is 5.97 Å². The van der Waals surface area contributed by atoms with E-state index in [-0.39, 0.29) is 17.4 Å². The Kier molecular flexibility index (Phi) is 5.70. The third-order valence-electron chi connectivity index (χ3n) is 5.88. The average Bonchev–Trinajstić information content (AvgIpc) is 3.38. The second kappa shape index (κ2) is 8.98. The van der Waals surface area contributed by atoms with Gasteiger partial charge in [-0.05, 0) is 66.9 Å². The van der Waals surface area contributed by atoms with Crippen LogP contribution in [0, 0.1) is 12.7 Å². The molecule has 35 heavy (non-hydrogen) atoms. The van der Waals surface area contributed by atoms with Gasteiger partial charge in [0.15, 0.2) is 5.82 Å². The number of hydrogen-bond donors (Lipinski definition) is 2. The number of carbonyl (C=O) groups is 1. The first kappa shape index (κ1) is 22.2. The molecule has 5 rings (SSSR count). The standard InChI is InChI=1S/C27H22FN5O2/c1-16-11-21(17(2)31-24-6-4-3-5-20(24)27(34)35)23-13-22(18-7-9-19(28)10-8-18)26(32-25(23)12-16)33-15-29-14-30-33/h3-15,17,31H,1-2H3,(H,34,35). The molecule has 2 aromatic heterocycles. The molecule has 0 aliphatic heterocycles. The summed E-state index contributed by atoms with van der Waals surface area (Å²) in [5.74, 6) is -0.738. The first-order valence-corrected chi connectivity index (χ1v) is 11.1. The van der Waals surface area contributed by atoms with Crippen molar-refractivity contribution in [2.45, 2.75) is 19.9 Å². The van der Waals surface area contributed by atoms with E-state index >= 15 is 0 Å². The number of nitrogens with one attached hydrogen (secondary N) is 1.